The Labute approximate surface area is 171 Å². The fourth-order valence-corrected chi connectivity index (χ4v) is 5.04. The summed E-state index contributed by atoms with van der Waals surface area (Å²) >= 11 is 5.87. The van der Waals surface area contributed by atoms with E-state index in [1.807, 2.05) is 0 Å². The second-order valence-electron chi connectivity index (χ2n) is 6.71. The Morgan fingerprint density at radius 2 is 1.93 bits per heavy atom. The summed E-state index contributed by atoms with van der Waals surface area (Å²) in [6.45, 7) is 14.5. The molecule has 2 saturated heterocycles. The van der Waals surface area contributed by atoms with Crippen LogP contribution in [0.3, 0.4) is 0 Å². The van der Waals surface area contributed by atoms with Crippen LogP contribution in [-0.2, 0) is 14.8 Å². The molecule has 148 valence electrons. The van der Waals surface area contributed by atoms with Crippen LogP contribution in [0.1, 0.15) is 0 Å². The quantitative estimate of drug-likeness (QED) is 0.543. The second kappa shape index (κ2) is 6.97. The Bertz CT molecular complexity index is 1180. The maximum absolute atomic E-state index is 13.9. The van der Waals surface area contributed by atoms with Crippen LogP contribution in [0.5, 0.6) is 5.75 Å². The Kier molecular flexibility index (Phi) is 4.72. The summed E-state index contributed by atoms with van der Waals surface area (Å²) in [6, 6.07) is 7.88. The predicted octanol–water partition coefficient (Wildman–Crippen LogP) is 3.80. The van der Waals surface area contributed by atoms with Crippen LogP contribution < -0.4 is 4.74 Å². The molecule has 0 radical (unpaired) electrons. The van der Waals surface area contributed by atoms with Crippen molar-refractivity contribution in [2.75, 3.05) is 19.7 Å². The summed E-state index contributed by atoms with van der Waals surface area (Å²) in [5, 5.41) is 0.268. The minimum Gasteiger partial charge on any atom is -0.486 e. The summed E-state index contributed by atoms with van der Waals surface area (Å²) in [5.41, 5.74) is -1.00. The molecular weight excluding hydrogens is 421 g/mol. The van der Waals surface area contributed by atoms with Crippen LogP contribution >= 0.6 is 11.6 Å². The summed E-state index contributed by atoms with van der Waals surface area (Å²) in [4.78, 5) is 6.18. The molecule has 7 nitrogen and oxygen atoms in total. The van der Waals surface area contributed by atoms with E-state index in [-0.39, 0.29) is 40.1 Å². The minimum atomic E-state index is -3.99. The predicted molar refractivity (Wildman–Crippen MR) is 102 cm³/mol. The summed E-state index contributed by atoms with van der Waals surface area (Å²) in [7, 11) is -3.99. The molecule has 2 aromatic rings. The van der Waals surface area contributed by atoms with Crippen molar-refractivity contribution >= 4 is 33.0 Å². The number of epoxide rings is 1. The van der Waals surface area contributed by atoms with Gasteiger partial charge in [-0.05, 0) is 24.3 Å². The molecule has 2 heterocycles. The Morgan fingerprint density at radius 1 is 1.21 bits per heavy atom. The summed E-state index contributed by atoms with van der Waals surface area (Å²) < 4.78 is 52.6. The van der Waals surface area contributed by atoms with Crippen molar-refractivity contribution in [1.29, 1.82) is 0 Å². The molecule has 2 aliphatic rings. The zero-order chi connectivity index (χ0) is 20.8. The molecule has 0 amide bonds. The average molecular weight is 434 g/mol. The molecule has 0 bridgehead atoms. The molecule has 0 saturated carbocycles. The first-order chi connectivity index (χ1) is 13.8. The van der Waals surface area contributed by atoms with Crippen molar-refractivity contribution in [3.05, 3.63) is 70.1 Å². The smallest absolute Gasteiger partial charge is 0.233 e. The van der Waals surface area contributed by atoms with E-state index in [0.717, 1.165) is 6.07 Å². The lowest BCUT2D eigenvalue weighted by Gasteiger charge is -2.18. The van der Waals surface area contributed by atoms with E-state index in [2.05, 4.69) is 9.69 Å². The topological polar surface area (TPSA) is 67.9 Å². The Hall–Kier alpha value is -2.69. The summed E-state index contributed by atoms with van der Waals surface area (Å²) in [6.07, 6.45) is -0.654. The molecule has 0 aliphatic carbocycles. The van der Waals surface area contributed by atoms with Crippen LogP contribution in [0.4, 0.5) is 15.8 Å². The average Bonchev–Trinajstić information content (AvgIpc) is 3.37. The molecule has 2 aliphatic heterocycles. The number of ether oxygens (including phenoxy) is 2. The van der Waals surface area contributed by atoms with E-state index in [9.17, 15) is 12.8 Å². The highest BCUT2D eigenvalue weighted by molar-refractivity contribution is 7.89. The van der Waals surface area contributed by atoms with Crippen molar-refractivity contribution in [3.63, 3.8) is 0 Å². The first-order valence-electron chi connectivity index (χ1n) is 8.44. The van der Waals surface area contributed by atoms with E-state index in [4.69, 9.17) is 34.2 Å². The first-order valence-corrected chi connectivity index (χ1v) is 10.3. The molecule has 0 unspecified atom stereocenters. The van der Waals surface area contributed by atoms with E-state index < -0.39 is 27.5 Å². The van der Waals surface area contributed by atoms with Crippen LogP contribution in [0.25, 0.3) is 9.69 Å². The van der Waals surface area contributed by atoms with Gasteiger partial charge < -0.3 is 9.47 Å². The van der Waals surface area contributed by atoms with E-state index in [1.54, 1.807) is 0 Å². The fourth-order valence-electron chi connectivity index (χ4n) is 3.26. The van der Waals surface area contributed by atoms with E-state index in [1.165, 1.54) is 34.6 Å². The molecule has 0 N–H and O–H groups in total. The fraction of sp³-hybridized carbons (Fsp3) is 0.263. The number of nitrogens with zero attached hydrogens (tertiary/aromatic N) is 3. The zero-order valence-corrected chi connectivity index (χ0v) is 16.4. The Balaban J connectivity index is 1.60. The monoisotopic (exact) mass is 433 g/mol. The van der Waals surface area contributed by atoms with Crippen LogP contribution in [0.2, 0.25) is 5.02 Å². The minimum absolute atomic E-state index is 0.0193. The second-order valence-corrected chi connectivity index (χ2v) is 9.05. The highest BCUT2D eigenvalue weighted by Gasteiger charge is 2.61. The SMILES string of the molecule is [C-]#[N+]c1ccc(O[C@H]2CN(S(=O)(=O)c3ccc(Cl)cc3[N+]#[C-])C[C@@]23CO3)cc1F. The standard InChI is InChI=1S/C19H13ClFN3O4S/c1-22-15-5-4-13(8-14(15)21)28-18-9-24(10-19(18)11-27-19)29(25,26)17-6-3-12(20)7-16(17)23-2/h3-8,18H,9-11H2/t18-,19+/m0/s1. The number of sulfonamides is 1. The maximum Gasteiger partial charge on any atom is 0.233 e. The molecule has 29 heavy (non-hydrogen) atoms. The van der Waals surface area contributed by atoms with Gasteiger partial charge in [0.25, 0.3) is 0 Å². The van der Waals surface area contributed by atoms with Crippen molar-refractivity contribution < 1.29 is 22.3 Å². The van der Waals surface area contributed by atoms with Gasteiger partial charge in [0.15, 0.2) is 0 Å². The van der Waals surface area contributed by atoms with Gasteiger partial charge in [0.2, 0.25) is 21.4 Å². The molecule has 0 aromatic heterocycles. The molecular formula is C19H13ClFN3O4S. The van der Waals surface area contributed by atoms with Crippen LogP contribution in [-0.4, -0.2) is 44.1 Å². The third-order valence-electron chi connectivity index (χ3n) is 4.89. The van der Waals surface area contributed by atoms with Gasteiger partial charge in [0.1, 0.15) is 23.3 Å². The van der Waals surface area contributed by atoms with E-state index in [0.29, 0.717) is 6.61 Å². The molecule has 2 atom stereocenters. The zero-order valence-electron chi connectivity index (χ0n) is 14.8. The van der Waals surface area contributed by atoms with Gasteiger partial charge in [-0.1, -0.05) is 17.7 Å². The van der Waals surface area contributed by atoms with Crippen molar-refractivity contribution in [3.8, 4) is 5.75 Å². The molecule has 2 aromatic carbocycles. The summed E-state index contributed by atoms with van der Waals surface area (Å²) in [5.74, 6) is -0.532. The highest BCUT2D eigenvalue weighted by Crippen LogP contribution is 2.43. The van der Waals surface area contributed by atoms with Crippen LogP contribution in [0, 0.1) is 19.0 Å². The Morgan fingerprint density at radius 3 is 2.55 bits per heavy atom. The normalized spacial score (nSPS) is 23.5. The highest BCUT2D eigenvalue weighted by atomic mass is 35.5. The molecule has 4 rings (SSSR count). The van der Waals surface area contributed by atoms with Gasteiger partial charge in [-0.2, -0.15) is 4.31 Å². The van der Waals surface area contributed by atoms with Crippen molar-refractivity contribution in [2.45, 2.75) is 16.6 Å². The van der Waals surface area contributed by atoms with E-state index >= 15 is 0 Å². The van der Waals surface area contributed by atoms with Gasteiger partial charge in [-0.15, -0.1) is 0 Å². The van der Waals surface area contributed by atoms with Gasteiger partial charge in [-0.3, -0.25) is 0 Å². The molecule has 10 heteroatoms. The number of hydrogen-bond donors (Lipinski definition) is 0. The van der Waals surface area contributed by atoms with Crippen LogP contribution in [0.15, 0.2) is 41.3 Å². The third-order valence-corrected chi connectivity index (χ3v) is 6.99. The number of halogens is 2. The molecule has 1 spiro atoms. The lowest BCUT2D eigenvalue weighted by Crippen LogP contribution is -2.33. The van der Waals surface area contributed by atoms with Gasteiger partial charge >= 0.3 is 0 Å². The lowest BCUT2D eigenvalue weighted by molar-refractivity contribution is 0.135. The number of benzene rings is 2. The maximum atomic E-state index is 13.9. The third kappa shape index (κ3) is 3.43. The van der Waals surface area contributed by atoms with Crippen molar-refractivity contribution in [1.82, 2.24) is 4.31 Å². The number of hydrogen-bond acceptors (Lipinski definition) is 4. The van der Waals surface area contributed by atoms with Gasteiger partial charge in [0.05, 0.1) is 31.2 Å². The van der Waals surface area contributed by atoms with Crippen molar-refractivity contribution in [2.24, 2.45) is 0 Å². The molecule has 2 fully saturated rings. The van der Waals surface area contributed by atoms with Gasteiger partial charge in [0, 0.05) is 17.6 Å². The van der Waals surface area contributed by atoms with Gasteiger partial charge in [-0.25, -0.2) is 22.5 Å². The first kappa shape index (κ1) is 19.6. The lowest BCUT2D eigenvalue weighted by atomic mass is 10.1. The number of rotatable bonds is 4. The largest absolute Gasteiger partial charge is 0.486 e.